The minimum atomic E-state index is -0.162. The molecule has 0 aliphatic rings. The molecule has 1 N–H and O–H groups in total. The molecule has 0 saturated heterocycles. The Balaban J connectivity index is 2.74. The molecule has 0 aliphatic carbocycles. The topological polar surface area (TPSA) is 54.9 Å². The molecule has 6 heteroatoms. The first-order valence-electron chi connectivity index (χ1n) is 4.18. The number of anilines is 1. The van der Waals surface area contributed by atoms with Crippen LogP contribution >= 0.6 is 24.0 Å². The minimum Gasteiger partial charge on any atom is -0.300 e. The van der Waals surface area contributed by atoms with Crippen LogP contribution in [0.2, 0.25) is 0 Å². The zero-order valence-electron chi connectivity index (χ0n) is 8.37. The average molecular weight is 231 g/mol. The lowest BCUT2D eigenvalue weighted by atomic mass is 9.98. The van der Waals surface area contributed by atoms with Crippen molar-refractivity contribution in [1.82, 2.24) is 10.2 Å². The van der Waals surface area contributed by atoms with Crippen LogP contribution in [0.4, 0.5) is 5.13 Å². The summed E-state index contributed by atoms with van der Waals surface area (Å²) in [5.41, 5.74) is -0.0262. The lowest BCUT2D eigenvalue weighted by Gasteiger charge is -2.12. The van der Waals surface area contributed by atoms with E-state index >= 15 is 0 Å². The van der Waals surface area contributed by atoms with E-state index in [4.69, 9.17) is 0 Å². The second-order valence-electron chi connectivity index (χ2n) is 3.87. The van der Waals surface area contributed by atoms with Crippen molar-refractivity contribution in [1.29, 1.82) is 0 Å². The molecule has 0 radical (unpaired) electrons. The SMILES string of the molecule is CC(C)(C)c1nnc(NC(=O)CS)s1. The zero-order chi connectivity index (χ0) is 10.8. The first kappa shape index (κ1) is 11.5. The lowest BCUT2D eigenvalue weighted by Crippen LogP contribution is -2.12. The van der Waals surface area contributed by atoms with Crippen LogP contribution in [0.1, 0.15) is 25.8 Å². The third-order valence-electron chi connectivity index (χ3n) is 1.46. The van der Waals surface area contributed by atoms with Gasteiger partial charge in [-0.15, -0.1) is 10.2 Å². The molecule has 78 valence electrons. The fraction of sp³-hybridized carbons (Fsp3) is 0.625. The second-order valence-corrected chi connectivity index (χ2v) is 5.16. The van der Waals surface area contributed by atoms with Gasteiger partial charge in [0.15, 0.2) is 0 Å². The molecule has 4 nitrogen and oxygen atoms in total. The van der Waals surface area contributed by atoms with Gasteiger partial charge < -0.3 is 0 Å². The van der Waals surface area contributed by atoms with Gasteiger partial charge in [0.2, 0.25) is 11.0 Å². The van der Waals surface area contributed by atoms with Crippen molar-refractivity contribution in [3.8, 4) is 0 Å². The smallest absolute Gasteiger partial charge is 0.235 e. The van der Waals surface area contributed by atoms with Gasteiger partial charge in [0.05, 0.1) is 5.75 Å². The standard InChI is InChI=1S/C8H13N3OS2/c1-8(2,3)6-10-11-7(14-6)9-5(12)4-13/h13H,4H2,1-3H3,(H,9,11,12). The Labute approximate surface area is 92.5 Å². The van der Waals surface area contributed by atoms with E-state index in [1.54, 1.807) is 0 Å². The highest BCUT2D eigenvalue weighted by Crippen LogP contribution is 2.27. The van der Waals surface area contributed by atoms with Gasteiger partial charge in [-0.1, -0.05) is 32.1 Å². The monoisotopic (exact) mass is 231 g/mol. The van der Waals surface area contributed by atoms with Crippen molar-refractivity contribution >= 4 is 35.0 Å². The van der Waals surface area contributed by atoms with Crippen LogP contribution in [-0.2, 0) is 10.2 Å². The van der Waals surface area contributed by atoms with Crippen LogP contribution < -0.4 is 5.32 Å². The maximum Gasteiger partial charge on any atom is 0.235 e. The fourth-order valence-electron chi connectivity index (χ4n) is 0.736. The summed E-state index contributed by atoms with van der Waals surface area (Å²) >= 11 is 5.25. The number of nitrogens with zero attached hydrogens (tertiary/aromatic N) is 2. The van der Waals surface area contributed by atoms with Crippen molar-refractivity contribution in [3.05, 3.63) is 5.01 Å². The third kappa shape index (κ3) is 2.95. The van der Waals surface area contributed by atoms with E-state index in [0.29, 0.717) is 5.13 Å². The molecule has 0 spiro atoms. The van der Waals surface area contributed by atoms with Gasteiger partial charge >= 0.3 is 0 Å². The normalized spacial score (nSPS) is 11.4. The summed E-state index contributed by atoms with van der Waals surface area (Å²) in [5.74, 6) is -0.00492. The minimum absolute atomic E-state index is 0.0262. The summed E-state index contributed by atoms with van der Waals surface area (Å²) in [5, 5.41) is 11.9. The van der Waals surface area contributed by atoms with Crippen LogP contribution in [0, 0.1) is 0 Å². The summed E-state index contributed by atoms with van der Waals surface area (Å²) in [6, 6.07) is 0. The van der Waals surface area contributed by atoms with Crippen molar-refractivity contribution in [2.75, 3.05) is 11.1 Å². The summed E-state index contributed by atoms with van der Waals surface area (Å²) in [6.45, 7) is 6.16. The number of thiol groups is 1. The predicted octanol–water partition coefficient (Wildman–Crippen LogP) is 1.70. The van der Waals surface area contributed by atoms with Gasteiger partial charge in [-0.05, 0) is 0 Å². The van der Waals surface area contributed by atoms with Gasteiger partial charge in [-0.25, -0.2) is 0 Å². The number of nitrogens with one attached hydrogen (secondary N) is 1. The van der Waals surface area contributed by atoms with Crippen LogP contribution in [0.5, 0.6) is 0 Å². The highest BCUT2D eigenvalue weighted by atomic mass is 32.1. The first-order chi connectivity index (χ1) is 6.43. The van der Waals surface area contributed by atoms with E-state index in [-0.39, 0.29) is 17.1 Å². The molecule has 1 aromatic heterocycles. The highest BCUT2D eigenvalue weighted by molar-refractivity contribution is 7.81. The average Bonchev–Trinajstić information content (AvgIpc) is 2.51. The quantitative estimate of drug-likeness (QED) is 0.762. The number of hydrogen-bond acceptors (Lipinski definition) is 5. The Bertz CT molecular complexity index is 330. The van der Waals surface area contributed by atoms with Crippen molar-refractivity contribution in [2.45, 2.75) is 26.2 Å². The van der Waals surface area contributed by atoms with Crippen LogP contribution in [0.25, 0.3) is 0 Å². The Morgan fingerprint density at radius 1 is 1.50 bits per heavy atom. The maximum absolute atomic E-state index is 11.0. The first-order valence-corrected chi connectivity index (χ1v) is 5.63. The molecule has 0 aliphatic heterocycles. The van der Waals surface area contributed by atoms with Crippen molar-refractivity contribution in [3.63, 3.8) is 0 Å². The molecule has 0 fully saturated rings. The van der Waals surface area contributed by atoms with E-state index < -0.39 is 0 Å². The summed E-state index contributed by atoms with van der Waals surface area (Å²) in [7, 11) is 0. The third-order valence-corrected chi connectivity index (χ3v) is 3.01. The highest BCUT2D eigenvalue weighted by Gasteiger charge is 2.19. The maximum atomic E-state index is 11.0. The number of carbonyl (C=O) groups is 1. The van der Waals surface area contributed by atoms with Crippen molar-refractivity contribution < 1.29 is 4.79 Å². The summed E-state index contributed by atoms with van der Waals surface area (Å²) in [4.78, 5) is 11.0. The molecule has 1 aromatic rings. The molecular weight excluding hydrogens is 218 g/mol. The number of aromatic nitrogens is 2. The van der Waals surface area contributed by atoms with E-state index in [2.05, 4.69) is 48.9 Å². The van der Waals surface area contributed by atoms with E-state index in [0.717, 1.165) is 5.01 Å². The van der Waals surface area contributed by atoms with Crippen LogP contribution in [0.15, 0.2) is 0 Å². The molecule has 1 rings (SSSR count). The molecule has 1 amide bonds. The molecular formula is C8H13N3OS2. The molecule has 0 saturated carbocycles. The predicted molar refractivity (Wildman–Crippen MR) is 61.1 cm³/mol. The number of hydrogen-bond donors (Lipinski definition) is 2. The Kier molecular flexibility index (Phi) is 3.49. The van der Waals surface area contributed by atoms with Gasteiger partial charge in [-0.3, -0.25) is 10.1 Å². The van der Waals surface area contributed by atoms with Crippen LogP contribution in [-0.4, -0.2) is 21.9 Å². The lowest BCUT2D eigenvalue weighted by molar-refractivity contribution is -0.113. The van der Waals surface area contributed by atoms with E-state index in [1.807, 2.05) is 0 Å². The molecule has 0 aromatic carbocycles. The number of rotatable bonds is 2. The van der Waals surface area contributed by atoms with Crippen molar-refractivity contribution in [2.24, 2.45) is 0 Å². The largest absolute Gasteiger partial charge is 0.300 e. The summed E-state index contributed by atoms with van der Waals surface area (Å²) < 4.78 is 0. The Morgan fingerprint density at radius 3 is 2.57 bits per heavy atom. The second kappa shape index (κ2) is 4.27. The molecule has 0 unspecified atom stereocenters. The molecule has 0 bridgehead atoms. The van der Waals surface area contributed by atoms with Gasteiger partial charge in [0, 0.05) is 5.41 Å². The Hall–Kier alpha value is -0.620. The molecule has 14 heavy (non-hydrogen) atoms. The van der Waals surface area contributed by atoms with E-state index in [9.17, 15) is 4.79 Å². The number of carbonyl (C=O) groups excluding carboxylic acids is 1. The molecule has 1 heterocycles. The van der Waals surface area contributed by atoms with E-state index in [1.165, 1.54) is 11.3 Å². The fourth-order valence-corrected chi connectivity index (χ4v) is 1.63. The number of amides is 1. The molecule has 0 atom stereocenters. The Morgan fingerprint density at radius 2 is 2.14 bits per heavy atom. The van der Waals surface area contributed by atoms with Gasteiger partial charge in [-0.2, -0.15) is 12.6 Å². The van der Waals surface area contributed by atoms with Crippen LogP contribution in [0.3, 0.4) is 0 Å². The zero-order valence-corrected chi connectivity index (χ0v) is 10.1. The summed E-state index contributed by atoms with van der Waals surface area (Å²) in [6.07, 6.45) is 0. The van der Waals surface area contributed by atoms with Gasteiger partial charge in [0.25, 0.3) is 0 Å². The van der Waals surface area contributed by atoms with Gasteiger partial charge in [0.1, 0.15) is 5.01 Å².